The van der Waals surface area contributed by atoms with Crippen molar-refractivity contribution in [3.8, 4) is 0 Å². The maximum Gasteiger partial charge on any atom is 0.274 e. The summed E-state index contributed by atoms with van der Waals surface area (Å²) in [5, 5.41) is 6.77. The van der Waals surface area contributed by atoms with Crippen LogP contribution < -0.4 is 10.6 Å². The summed E-state index contributed by atoms with van der Waals surface area (Å²) in [6, 6.07) is 19.3. The molecule has 0 aliphatic heterocycles. The predicted molar refractivity (Wildman–Crippen MR) is 107 cm³/mol. The van der Waals surface area contributed by atoms with Crippen LogP contribution in [-0.2, 0) is 6.42 Å². The van der Waals surface area contributed by atoms with E-state index in [4.69, 9.17) is 11.6 Å². The summed E-state index contributed by atoms with van der Waals surface area (Å²) in [6.07, 6.45) is 2.54. The predicted octanol–water partition coefficient (Wildman–Crippen LogP) is 4.95. The smallest absolute Gasteiger partial charge is 0.274 e. The Morgan fingerprint density at radius 1 is 1.04 bits per heavy atom. The van der Waals surface area contributed by atoms with Crippen LogP contribution in [0.15, 0.2) is 66.9 Å². The highest BCUT2D eigenvalue weighted by atomic mass is 35.5. The Morgan fingerprint density at radius 2 is 1.85 bits per heavy atom. The van der Waals surface area contributed by atoms with Gasteiger partial charge < -0.3 is 10.6 Å². The lowest BCUT2D eigenvalue weighted by molar-refractivity contribution is 0.102. The maximum absolute atomic E-state index is 12.4. The van der Waals surface area contributed by atoms with Crippen LogP contribution >= 0.6 is 11.6 Å². The molecular weight excluding hydrogens is 346 g/mol. The molecule has 26 heavy (non-hydrogen) atoms. The van der Waals surface area contributed by atoms with E-state index in [-0.39, 0.29) is 5.91 Å². The minimum Gasteiger partial charge on any atom is -0.385 e. The molecule has 0 saturated carbocycles. The van der Waals surface area contributed by atoms with Crippen molar-refractivity contribution in [2.24, 2.45) is 0 Å². The second-order valence-electron chi connectivity index (χ2n) is 6.01. The average molecular weight is 366 g/mol. The molecule has 0 saturated heterocycles. The van der Waals surface area contributed by atoms with Crippen molar-refractivity contribution in [1.29, 1.82) is 0 Å². The van der Waals surface area contributed by atoms with Gasteiger partial charge in [-0.05, 0) is 48.7 Å². The third-order valence-electron chi connectivity index (χ3n) is 4.01. The number of aromatic nitrogens is 1. The highest BCUT2D eigenvalue weighted by Crippen LogP contribution is 2.20. The summed E-state index contributed by atoms with van der Waals surface area (Å²) < 4.78 is 0. The summed E-state index contributed by atoms with van der Waals surface area (Å²) in [5.41, 5.74) is 4.10. The van der Waals surface area contributed by atoms with Gasteiger partial charge in [-0.3, -0.25) is 9.78 Å². The SMILES string of the molecule is Cc1ccc(NC(=O)c2cc(NCCc3ccccc3)ccn2)cc1Cl. The first-order valence-electron chi connectivity index (χ1n) is 8.43. The first kappa shape index (κ1) is 18.0. The number of carbonyl (C=O) groups excluding carboxylic acids is 1. The van der Waals surface area contributed by atoms with Gasteiger partial charge in [0.15, 0.2) is 0 Å². The zero-order valence-corrected chi connectivity index (χ0v) is 15.3. The van der Waals surface area contributed by atoms with Gasteiger partial charge >= 0.3 is 0 Å². The van der Waals surface area contributed by atoms with Gasteiger partial charge in [-0.1, -0.05) is 48.0 Å². The van der Waals surface area contributed by atoms with Gasteiger partial charge in [-0.15, -0.1) is 0 Å². The molecule has 0 bridgehead atoms. The minimum atomic E-state index is -0.267. The van der Waals surface area contributed by atoms with Gasteiger partial charge in [0.2, 0.25) is 0 Å². The monoisotopic (exact) mass is 365 g/mol. The van der Waals surface area contributed by atoms with Crippen LogP contribution in [-0.4, -0.2) is 17.4 Å². The Labute approximate surface area is 158 Å². The molecule has 2 N–H and O–H groups in total. The lowest BCUT2D eigenvalue weighted by atomic mass is 10.1. The fourth-order valence-electron chi connectivity index (χ4n) is 2.53. The number of aryl methyl sites for hydroxylation is 1. The van der Waals surface area contributed by atoms with Crippen LogP contribution in [0.1, 0.15) is 21.6 Å². The number of nitrogens with one attached hydrogen (secondary N) is 2. The van der Waals surface area contributed by atoms with Crippen LogP contribution in [0.3, 0.4) is 0 Å². The van der Waals surface area contributed by atoms with Crippen LogP contribution in [0.25, 0.3) is 0 Å². The molecule has 132 valence electrons. The zero-order chi connectivity index (χ0) is 18.4. The fourth-order valence-corrected chi connectivity index (χ4v) is 2.71. The number of amides is 1. The van der Waals surface area contributed by atoms with E-state index < -0.39 is 0 Å². The Morgan fingerprint density at radius 3 is 2.62 bits per heavy atom. The van der Waals surface area contributed by atoms with E-state index in [1.165, 1.54) is 5.56 Å². The molecule has 0 radical (unpaired) electrons. The molecule has 1 amide bonds. The molecular formula is C21H20ClN3O. The standard InChI is InChI=1S/C21H20ClN3O/c1-15-7-8-18(13-19(15)22)25-21(26)20-14-17(10-12-24-20)23-11-9-16-5-3-2-4-6-16/h2-8,10,12-14H,9,11H2,1H3,(H,23,24)(H,25,26). The van der Waals surface area contributed by atoms with E-state index in [2.05, 4.69) is 27.8 Å². The Balaban J connectivity index is 1.60. The van der Waals surface area contributed by atoms with E-state index in [9.17, 15) is 4.79 Å². The number of carbonyl (C=O) groups is 1. The maximum atomic E-state index is 12.4. The summed E-state index contributed by atoms with van der Waals surface area (Å²) in [6.45, 7) is 2.70. The molecule has 4 nitrogen and oxygen atoms in total. The molecule has 1 aromatic heterocycles. The molecule has 0 fully saturated rings. The molecule has 1 heterocycles. The molecule has 5 heteroatoms. The first-order chi connectivity index (χ1) is 12.6. The highest BCUT2D eigenvalue weighted by Gasteiger charge is 2.09. The van der Waals surface area contributed by atoms with Crippen molar-refractivity contribution in [2.45, 2.75) is 13.3 Å². The lowest BCUT2D eigenvalue weighted by Gasteiger charge is -2.09. The van der Waals surface area contributed by atoms with Gasteiger partial charge in [0.05, 0.1) is 0 Å². The molecule has 0 spiro atoms. The van der Waals surface area contributed by atoms with Crippen molar-refractivity contribution >= 4 is 28.9 Å². The van der Waals surface area contributed by atoms with Crippen molar-refractivity contribution in [3.05, 3.63) is 88.7 Å². The third-order valence-corrected chi connectivity index (χ3v) is 4.42. The largest absolute Gasteiger partial charge is 0.385 e. The summed E-state index contributed by atoms with van der Waals surface area (Å²) >= 11 is 6.10. The quantitative estimate of drug-likeness (QED) is 0.649. The van der Waals surface area contributed by atoms with Gasteiger partial charge in [0, 0.05) is 29.1 Å². The minimum absolute atomic E-state index is 0.267. The van der Waals surface area contributed by atoms with Crippen molar-refractivity contribution < 1.29 is 4.79 Å². The van der Waals surface area contributed by atoms with E-state index >= 15 is 0 Å². The molecule has 3 aromatic rings. The van der Waals surface area contributed by atoms with Crippen LogP contribution in [0, 0.1) is 6.92 Å². The number of pyridine rings is 1. The number of nitrogens with zero attached hydrogens (tertiary/aromatic N) is 1. The fraction of sp³-hybridized carbons (Fsp3) is 0.143. The molecule has 0 aliphatic carbocycles. The Kier molecular flexibility index (Phi) is 5.87. The number of halogens is 1. The number of hydrogen-bond donors (Lipinski definition) is 2. The lowest BCUT2D eigenvalue weighted by Crippen LogP contribution is -2.14. The number of anilines is 2. The molecule has 0 unspecified atom stereocenters. The summed E-state index contributed by atoms with van der Waals surface area (Å²) in [5.74, 6) is -0.267. The van der Waals surface area contributed by atoms with Crippen molar-refractivity contribution in [3.63, 3.8) is 0 Å². The summed E-state index contributed by atoms with van der Waals surface area (Å²) in [7, 11) is 0. The van der Waals surface area contributed by atoms with Gasteiger partial charge in [0.1, 0.15) is 5.69 Å². The van der Waals surface area contributed by atoms with Gasteiger partial charge in [-0.2, -0.15) is 0 Å². The average Bonchev–Trinajstić information content (AvgIpc) is 2.66. The van der Waals surface area contributed by atoms with Crippen molar-refractivity contribution in [2.75, 3.05) is 17.2 Å². The van der Waals surface area contributed by atoms with Crippen LogP contribution in [0.4, 0.5) is 11.4 Å². The van der Waals surface area contributed by atoms with E-state index in [0.717, 1.165) is 24.2 Å². The van der Waals surface area contributed by atoms with Gasteiger partial charge in [0.25, 0.3) is 5.91 Å². The number of rotatable bonds is 6. The summed E-state index contributed by atoms with van der Waals surface area (Å²) in [4.78, 5) is 16.6. The van der Waals surface area contributed by atoms with E-state index in [1.54, 1.807) is 18.3 Å². The highest BCUT2D eigenvalue weighted by molar-refractivity contribution is 6.31. The topological polar surface area (TPSA) is 54.0 Å². The Hall–Kier alpha value is -2.85. The molecule has 0 aliphatic rings. The van der Waals surface area contributed by atoms with Crippen LogP contribution in [0.5, 0.6) is 0 Å². The number of benzene rings is 2. The first-order valence-corrected chi connectivity index (χ1v) is 8.81. The van der Waals surface area contributed by atoms with E-state index in [1.807, 2.05) is 43.3 Å². The van der Waals surface area contributed by atoms with Crippen LogP contribution in [0.2, 0.25) is 5.02 Å². The number of hydrogen-bond acceptors (Lipinski definition) is 3. The normalized spacial score (nSPS) is 10.4. The zero-order valence-electron chi connectivity index (χ0n) is 14.5. The second-order valence-corrected chi connectivity index (χ2v) is 6.42. The van der Waals surface area contributed by atoms with Gasteiger partial charge in [-0.25, -0.2) is 0 Å². The Bertz CT molecular complexity index is 897. The van der Waals surface area contributed by atoms with E-state index in [0.29, 0.717) is 16.4 Å². The second kappa shape index (κ2) is 8.50. The third kappa shape index (κ3) is 4.83. The molecule has 3 rings (SSSR count). The molecule has 2 aromatic carbocycles. The molecule has 0 atom stereocenters. The van der Waals surface area contributed by atoms with Crippen molar-refractivity contribution in [1.82, 2.24) is 4.98 Å².